The number of para-hydroxylation sites is 1. The lowest BCUT2D eigenvalue weighted by Gasteiger charge is -2.18. The number of rotatable bonds is 6. The lowest BCUT2D eigenvalue weighted by atomic mass is 10.1. The van der Waals surface area contributed by atoms with Gasteiger partial charge in [0.05, 0.1) is 12.0 Å². The first-order valence-corrected chi connectivity index (χ1v) is 9.84. The molecule has 7 heteroatoms. The Morgan fingerprint density at radius 3 is 2.52 bits per heavy atom. The van der Waals surface area contributed by atoms with Crippen LogP contribution in [0.4, 0.5) is 4.79 Å². The molecule has 29 heavy (non-hydrogen) atoms. The van der Waals surface area contributed by atoms with Crippen LogP contribution in [0.1, 0.15) is 23.6 Å². The SMILES string of the molecule is COC(=O)[C@H](C)N1C(=O)S/C(=C/c2ccccc2OCc2ccc(C)cc2)C1=O. The summed E-state index contributed by atoms with van der Waals surface area (Å²) in [4.78, 5) is 37.8. The van der Waals surface area contributed by atoms with Gasteiger partial charge < -0.3 is 9.47 Å². The first-order valence-electron chi connectivity index (χ1n) is 9.03. The number of imide groups is 1. The van der Waals surface area contributed by atoms with Gasteiger partial charge in [-0.15, -0.1) is 0 Å². The molecular weight excluding hydrogens is 390 g/mol. The van der Waals surface area contributed by atoms with E-state index in [1.165, 1.54) is 19.6 Å². The van der Waals surface area contributed by atoms with Gasteiger partial charge in [0.15, 0.2) is 0 Å². The van der Waals surface area contributed by atoms with E-state index in [2.05, 4.69) is 4.74 Å². The van der Waals surface area contributed by atoms with Crippen LogP contribution in [-0.4, -0.2) is 35.2 Å². The number of hydrogen-bond donors (Lipinski definition) is 0. The Hall–Kier alpha value is -3.06. The second-order valence-electron chi connectivity index (χ2n) is 6.56. The van der Waals surface area contributed by atoms with Crippen molar-refractivity contribution in [3.63, 3.8) is 0 Å². The van der Waals surface area contributed by atoms with E-state index in [9.17, 15) is 14.4 Å². The Kier molecular flexibility index (Phi) is 6.39. The summed E-state index contributed by atoms with van der Waals surface area (Å²) in [5.41, 5.74) is 2.87. The number of benzene rings is 2. The second kappa shape index (κ2) is 8.96. The lowest BCUT2D eigenvalue weighted by Crippen LogP contribution is -2.42. The van der Waals surface area contributed by atoms with Crippen LogP contribution in [-0.2, 0) is 20.9 Å². The summed E-state index contributed by atoms with van der Waals surface area (Å²) < 4.78 is 10.6. The van der Waals surface area contributed by atoms with Crippen molar-refractivity contribution < 1.29 is 23.9 Å². The summed E-state index contributed by atoms with van der Waals surface area (Å²) in [7, 11) is 1.22. The zero-order valence-corrected chi connectivity index (χ0v) is 17.2. The summed E-state index contributed by atoms with van der Waals surface area (Å²) in [6.45, 7) is 3.86. The van der Waals surface area contributed by atoms with Crippen molar-refractivity contribution in [3.8, 4) is 5.75 Å². The molecule has 1 aliphatic heterocycles. The number of methoxy groups -OCH3 is 1. The fourth-order valence-electron chi connectivity index (χ4n) is 2.81. The van der Waals surface area contributed by atoms with Gasteiger partial charge in [-0.2, -0.15) is 0 Å². The molecule has 0 aromatic heterocycles. The van der Waals surface area contributed by atoms with Crippen LogP contribution >= 0.6 is 11.8 Å². The van der Waals surface area contributed by atoms with E-state index < -0.39 is 23.2 Å². The monoisotopic (exact) mass is 411 g/mol. The third-order valence-electron chi connectivity index (χ3n) is 4.47. The van der Waals surface area contributed by atoms with Crippen LogP contribution in [0.2, 0.25) is 0 Å². The first-order chi connectivity index (χ1) is 13.9. The number of carbonyl (C=O) groups excluding carboxylic acids is 3. The molecule has 1 fully saturated rings. The third kappa shape index (κ3) is 4.68. The van der Waals surface area contributed by atoms with Crippen LogP contribution in [0.25, 0.3) is 6.08 Å². The molecule has 1 heterocycles. The van der Waals surface area contributed by atoms with Crippen LogP contribution in [0.5, 0.6) is 5.75 Å². The van der Waals surface area contributed by atoms with E-state index in [-0.39, 0.29) is 4.91 Å². The smallest absolute Gasteiger partial charge is 0.328 e. The minimum atomic E-state index is -0.980. The Labute approximate surface area is 173 Å². The van der Waals surface area contributed by atoms with Crippen LogP contribution in [0.15, 0.2) is 53.4 Å². The Balaban J connectivity index is 1.80. The van der Waals surface area contributed by atoms with Gasteiger partial charge in [-0.1, -0.05) is 48.0 Å². The number of thioether (sulfide) groups is 1. The van der Waals surface area contributed by atoms with E-state index >= 15 is 0 Å². The van der Waals surface area contributed by atoms with Gasteiger partial charge in [0, 0.05) is 5.56 Å². The summed E-state index contributed by atoms with van der Waals surface area (Å²) in [5, 5.41) is -0.503. The predicted molar refractivity (Wildman–Crippen MR) is 111 cm³/mol. The largest absolute Gasteiger partial charge is 0.488 e. The lowest BCUT2D eigenvalue weighted by molar-refractivity contribution is -0.148. The average molecular weight is 411 g/mol. The van der Waals surface area contributed by atoms with Crippen LogP contribution in [0.3, 0.4) is 0 Å². The van der Waals surface area contributed by atoms with Crippen molar-refractivity contribution in [2.45, 2.75) is 26.5 Å². The van der Waals surface area contributed by atoms with Gasteiger partial charge in [0.1, 0.15) is 18.4 Å². The van der Waals surface area contributed by atoms with Crippen LogP contribution < -0.4 is 4.74 Å². The van der Waals surface area contributed by atoms with E-state index in [1.807, 2.05) is 49.4 Å². The van der Waals surface area contributed by atoms with Gasteiger partial charge in [-0.25, -0.2) is 4.79 Å². The maximum atomic E-state index is 12.7. The molecule has 2 amide bonds. The van der Waals surface area contributed by atoms with Crippen molar-refractivity contribution in [1.82, 2.24) is 4.90 Å². The van der Waals surface area contributed by atoms with Crippen molar-refractivity contribution >= 4 is 35.0 Å². The molecule has 1 atom stereocenters. The maximum absolute atomic E-state index is 12.7. The molecular formula is C22H21NO5S. The van der Waals surface area contributed by atoms with Gasteiger partial charge in [0.2, 0.25) is 0 Å². The zero-order chi connectivity index (χ0) is 21.0. The van der Waals surface area contributed by atoms with Crippen molar-refractivity contribution in [3.05, 3.63) is 70.1 Å². The summed E-state index contributed by atoms with van der Waals surface area (Å²) in [6, 6.07) is 14.3. The quantitative estimate of drug-likeness (QED) is 0.525. The number of nitrogens with zero attached hydrogens (tertiary/aromatic N) is 1. The molecule has 0 N–H and O–H groups in total. The molecule has 0 spiro atoms. The highest BCUT2D eigenvalue weighted by Crippen LogP contribution is 2.35. The van der Waals surface area contributed by atoms with Crippen molar-refractivity contribution in [1.29, 1.82) is 0 Å². The van der Waals surface area contributed by atoms with Gasteiger partial charge in [-0.05, 0) is 43.3 Å². The van der Waals surface area contributed by atoms with E-state index in [4.69, 9.17) is 4.74 Å². The highest BCUT2D eigenvalue weighted by molar-refractivity contribution is 8.18. The molecule has 0 radical (unpaired) electrons. The number of aryl methyl sites for hydroxylation is 1. The highest BCUT2D eigenvalue weighted by atomic mass is 32.2. The number of ether oxygens (including phenoxy) is 2. The normalized spacial score (nSPS) is 16.2. The predicted octanol–water partition coefficient (Wildman–Crippen LogP) is 4.17. The Bertz CT molecular complexity index is 967. The molecule has 0 saturated carbocycles. The number of amides is 2. The molecule has 0 aliphatic carbocycles. The fourth-order valence-corrected chi connectivity index (χ4v) is 3.71. The topological polar surface area (TPSA) is 72.9 Å². The average Bonchev–Trinajstić information content (AvgIpc) is 3.00. The minimum Gasteiger partial charge on any atom is -0.488 e. The number of hydrogen-bond acceptors (Lipinski definition) is 6. The molecule has 1 aliphatic rings. The fraction of sp³-hybridized carbons (Fsp3) is 0.227. The third-order valence-corrected chi connectivity index (χ3v) is 5.36. The molecule has 6 nitrogen and oxygen atoms in total. The molecule has 150 valence electrons. The number of carbonyl (C=O) groups is 3. The van der Waals surface area contributed by atoms with Crippen molar-refractivity contribution in [2.24, 2.45) is 0 Å². The molecule has 0 bridgehead atoms. The molecule has 3 rings (SSSR count). The van der Waals surface area contributed by atoms with E-state index in [1.54, 1.807) is 12.1 Å². The van der Waals surface area contributed by atoms with E-state index in [0.717, 1.165) is 22.2 Å². The number of esters is 1. The molecule has 2 aromatic rings. The first kappa shape index (κ1) is 20.7. The zero-order valence-electron chi connectivity index (χ0n) is 16.4. The minimum absolute atomic E-state index is 0.233. The Morgan fingerprint density at radius 1 is 1.14 bits per heavy atom. The second-order valence-corrected chi connectivity index (χ2v) is 7.56. The van der Waals surface area contributed by atoms with E-state index in [0.29, 0.717) is 17.9 Å². The van der Waals surface area contributed by atoms with Gasteiger partial charge in [0.25, 0.3) is 11.1 Å². The molecule has 2 aromatic carbocycles. The summed E-state index contributed by atoms with van der Waals surface area (Å²) in [5.74, 6) is -0.567. The van der Waals surface area contributed by atoms with Gasteiger partial charge >= 0.3 is 5.97 Å². The molecule has 1 saturated heterocycles. The summed E-state index contributed by atoms with van der Waals surface area (Å²) >= 11 is 0.793. The molecule has 0 unspecified atom stereocenters. The van der Waals surface area contributed by atoms with Gasteiger partial charge in [-0.3, -0.25) is 14.5 Å². The standard InChI is InChI=1S/C22H21NO5S/c1-14-8-10-16(11-9-14)13-28-18-7-5-4-6-17(18)12-19-20(24)23(22(26)29-19)15(2)21(25)27-3/h4-12,15H,13H2,1-3H3/b19-12+/t15-/m0/s1. The highest BCUT2D eigenvalue weighted by Gasteiger charge is 2.41. The van der Waals surface area contributed by atoms with Crippen molar-refractivity contribution in [2.75, 3.05) is 7.11 Å². The Morgan fingerprint density at radius 2 is 1.83 bits per heavy atom. The summed E-state index contributed by atoms with van der Waals surface area (Å²) in [6.07, 6.45) is 1.61. The van der Waals surface area contributed by atoms with Crippen LogP contribution in [0, 0.1) is 6.92 Å². The maximum Gasteiger partial charge on any atom is 0.328 e.